The van der Waals surface area contributed by atoms with Gasteiger partial charge in [0.1, 0.15) is 5.82 Å². The van der Waals surface area contributed by atoms with Crippen molar-refractivity contribution in [2.75, 3.05) is 5.32 Å². The molecule has 2 rings (SSSR count). The fourth-order valence-corrected chi connectivity index (χ4v) is 2.10. The van der Waals surface area contributed by atoms with Gasteiger partial charge in [0.05, 0.1) is 12.1 Å². The summed E-state index contributed by atoms with van der Waals surface area (Å²) in [5.74, 6) is -1.18. The number of carbonyl (C=O) groups is 1. The summed E-state index contributed by atoms with van der Waals surface area (Å²) in [6.45, 7) is 2.22. The first kappa shape index (κ1) is 14.1. The highest BCUT2D eigenvalue weighted by Gasteiger charge is 2.08. The number of hydrogen-bond donors (Lipinski definition) is 2. The average Bonchev–Trinajstić information content (AvgIpc) is 2.39. The van der Waals surface area contributed by atoms with Crippen LogP contribution in [0.15, 0.2) is 42.5 Å². The lowest BCUT2D eigenvalue weighted by molar-refractivity contribution is -0.136. The molecule has 0 heterocycles. The summed E-state index contributed by atoms with van der Waals surface area (Å²) in [6, 6.07) is 12.2. The first-order valence-electron chi connectivity index (χ1n) is 6.35. The lowest BCUT2D eigenvalue weighted by Crippen LogP contribution is -2.08. The standard InChI is InChI=1S/C16H16FNO2/c1-11-5-4-8-14(17)16(11)18-10-13-7-3-2-6-12(13)9-15(19)20/h2-8,18H,9-10H2,1H3,(H,19,20). The van der Waals surface area contributed by atoms with E-state index in [-0.39, 0.29) is 12.2 Å². The Kier molecular flexibility index (Phi) is 4.35. The zero-order chi connectivity index (χ0) is 14.5. The van der Waals surface area contributed by atoms with Crippen LogP contribution in [0.2, 0.25) is 0 Å². The van der Waals surface area contributed by atoms with Crippen LogP contribution in [0.5, 0.6) is 0 Å². The van der Waals surface area contributed by atoms with Gasteiger partial charge in [0.25, 0.3) is 0 Å². The van der Waals surface area contributed by atoms with E-state index in [1.165, 1.54) is 6.07 Å². The number of benzene rings is 2. The predicted octanol–water partition coefficient (Wildman–Crippen LogP) is 3.37. The van der Waals surface area contributed by atoms with Gasteiger partial charge in [-0.3, -0.25) is 4.79 Å². The Morgan fingerprint density at radius 3 is 2.50 bits per heavy atom. The number of nitrogens with one attached hydrogen (secondary N) is 1. The van der Waals surface area contributed by atoms with Crippen LogP contribution >= 0.6 is 0 Å². The maximum atomic E-state index is 13.7. The van der Waals surface area contributed by atoms with Crippen molar-refractivity contribution >= 4 is 11.7 Å². The molecule has 4 heteroatoms. The molecule has 20 heavy (non-hydrogen) atoms. The number of halogens is 1. The average molecular weight is 273 g/mol. The summed E-state index contributed by atoms with van der Waals surface area (Å²) in [7, 11) is 0. The number of rotatable bonds is 5. The summed E-state index contributed by atoms with van der Waals surface area (Å²) in [5, 5.41) is 11.9. The maximum absolute atomic E-state index is 13.7. The minimum atomic E-state index is -0.875. The maximum Gasteiger partial charge on any atom is 0.307 e. The molecule has 2 aromatic rings. The Morgan fingerprint density at radius 1 is 1.15 bits per heavy atom. The number of hydrogen-bond acceptors (Lipinski definition) is 2. The number of carboxylic acids is 1. The number of aliphatic carboxylic acids is 1. The van der Waals surface area contributed by atoms with E-state index in [1.54, 1.807) is 18.2 Å². The fourth-order valence-electron chi connectivity index (χ4n) is 2.10. The summed E-state index contributed by atoms with van der Waals surface area (Å²) in [4.78, 5) is 10.8. The van der Waals surface area contributed by atoms with Gasteiger partial charge in [-0.2, -0.15) is 0 Å². The molecular formula is C16H16FNO2. The van der Waals surface area contributed by atoms with Crippen molar-refractivity contribution in [3.8, 4) is 0 Å². The second-order valence-electron chi connectivity index (χ2n) is 4.62. The molecule has 0 radical (unpaired) electrons. The van der Waals surface area contributed by atoms with E-state index >= 15 is 0 Å². The van der Waals surface area contributed by atoms with Crippen LogP contribution in [-0.4, -0.2) is 11.1 Å². The summed E-state index contributed by atoms with van der Waals surface area (Å²) >= 11 is 0. The minimum Gasteiger partial charge on any atom is -0.481 e. The van der Waals surface area contributed by atoms with Gasteiger partial charge in [0, 0.05) is 6.54 Å². The van der Waals surface area contributed by atoms with Gasteiger partial charge < -0.3 is 10.4 Å². The van der Waals surface area contributed by atoms with Gasteiger partial charge in [-0.25, -0.2) is 4.39 Å². The van der Waals surface area contributed by atoms with Crippen molar-refractivity contribution < 1.29 is 14.3 Å². The summed E-state index contributed by atoms with van der Waals surface area (Å²) in [5.41, 5.74) is 2.87. The second-order valence-corrected chi connectivity index (χ2v) is 4.62. The van der Waals surface area contributed by atoms with E-state index in [4.69, 9.17) is 5.11 Å². The highest BCUT2D eigenvalue weighted by atomic mass is 19.1. The normalized spacial score (nSPS) is 10.3. The lowest BCUT2D eigenvalue weighted by Gasteiger charge is -2.13. The molecule has 0 saturated carbocycles. The molecule has 0 aromatic heterocycles. The molecule has 0 spiro atoms. The molecular weight excluding hydrogens is 257 g/mol. The minimum absolute atomic E-state index is 0.0336. The molecule has 0 aliphatic carbocycles. The van der Waals surface area contributed by atoms with Crippen LogP contribution in [0.1, 0.15) is 16.7 Å². The van der Waals surface area contributed by atoms with Crippen molar-refractivity contribution in [1.29, 1.82) is 0 Å². The Labute approximate surface area is 117 Å². The van der Waals surface area contributed by atoms with Crippen LogP contribution in [0, 0.1) is 12.7 Å². The Hall–Kier alpha value is -2.36. The zero-order valence-corrected chi connectivity index (χ0v) is 11.2. The third kappa shape index (κ3) is 3.35. The largest absolute Gasteiger partial charge is 0.481 e. The topological polar surface area (TPSA) is 49.3 Å². The van der Waals surface area contributed by atoms with Crippen molar-refractivity contribution in [2.24, 2.45) is 0 Å². The van der Waals surface area contributed by atoms with E-state index in [9.17, 15) is 9.18 Å². The van der Waals surface area contributed by atoms with Crippen molar-refractivity contribution in [3.05, 3.63) is 65.0 Å². The predicted molar refractivity (Wildman–Crippen MR) is 76.2 cm³/mol. The smallest absolute Gasteiger partial charge is 0.307 e. The molecule has 0 fully saturated rings. The van der Waals surface area contributed by atoms with Crippen LogP contribution in [0.3, 0.4) is 0 Å². The fraction of sp³-hybridized carbons (Fsp3) is 0.188. The zero-order valence-electron chi connectivity index (χ0n) is 11.2. The number of anilines is 1. The highest BCUT2D eigenvalue weighted by molar-refractivity contribution is 5.70. The third-order valence-corrected chi connectivity index (χ3v) is 3.14. The van der Waals surface area contributed by atoms with Gasteiger partial charge >= 0.3 is 5.97 Å². The first-order valence-corrected chi connectivity index (χ1v) is 6.35. The molecule has 2 N–H and O–H groups in total. The van der Waals surface area contributed by atoms with E-state index in [1.807, 2.05) is 25.1 Å². The molecule has 0 atom stereocenters. The second kappa shape index (κ2) is 6.19. The number of aryl methyl sites for hydroxylation is 1. The molecule has 0 aliphatic rings. The van der Waals surface area contributed by atoms with Crippen LogP contribution in [0.25, 0.3) is 0 Å². The highest BCUT2D eigenvalue weighted by Crippen LogP contribution is 2.20. The Bertz CT molecular complexity index is 605. The quantitative estimate of drug-likeness (QED) is 0.878. The van der Waals surface area contributed by atoms with Gasteiger partial charge in [0.15, 0.2) is 0 Å². The first-order chi connectivity index (χ1) is 9.58. The molecule has 0 saturated heterocycles. The van der Waals surface area contributed by atoms with Crippen LogP contribution < -0.4 is 5.32 Å². The number of carboxylic acid groups (broad SMARTS) is 1. The van der Waals surface area contributed by atoms with Gasteiger partial charge in [-0.15, -0.1) is 0 Å². The summed E-state index contributed by atoms with van der Waals surface area (Å²) in [6.07, 6.45) is -0.0336. The third-order valence-electron chi connectivity index (χ3n) is 3.14. The van der Waals surface area contributed by atoms with Gasteiger partial charge in [-0.1, -0.05) is 36.4 Å². The van der Waals surface area contributed by atoms with Crippen LogP contribution in [-0.2, 0) is 17.8 Å². The Morgan fingerprint density at radius 2 is 1.85 bits per heavy atom. The SMILES string of the molecule is Cc1cccc(F)c1NCc1ccccc1CC(=O)O. The molecule has 0 amide bonds. The van der Waals surface area contributed by atoms with E-state index in [2.05, 4.69) is 5.32 Å². The molecule has 104 valence electrons. The Balaban J connectivity index is 2.17. The lowest BCUT2D eigenvalue weighted by atomic mass is 10.0. The number of para-hydroxylation sites is 1. The molecule has 0 unspecified atom stereocenters. The van der Waals surface area contributed by atoms with Gasteiger partial charge in [-0.05, 0) is 29.7 Å². The van der Waals surface area contributed by atoms with E-state index < -0.39 is 5.97 Å². The van der Waals surface area contributed by atoms with Crippen molar-refractivity contribution in [1.82, 2.24) is 0 Å². The molecule has 3 nitrogen and oxygen atoms in total. The van der Waals surface area contributed by atoms with Crippen molar-refractivity contribution in [3.63, 3.8) is 0 Å². The molecule has 0 bridgehead atoms. The van der Waals surface area contributed by atoms with Crippen LogP contribution in [0.4, 0.5) is 10.1 Å². The van der Waals surface area contributed by atoms with Crippen molar-refractivity contribution in [2.45, 2.75) is 19.9 Å². The summed E-state index contributed by atoms with van der Waals surface area (Å²) < 4.78 is 13.7. The molecule has 0 aliphatic heterocycles. The van der Waals surface area contributed by atoms with Gasteiger partial charge in [0.2, 0.25) is 0 Å². The monoisotopic (exact) mass is 273 g/mol. The van der Waals surface area contributed by atoms with E-state index in [0.717, 1.165) is 16.7 Å². The molecule has 2 aromatic carbocycles. The van der Waals surface area contributed by atoms with E-state index in [0.29, 0.717) is 12.2 Å².